The topological polar surface area (TPSA) is 97.8 Å². The molecule has 0 spiro atoms. The van der Waals surface area contributed by atoms with Crippen molar-refractivity contribution in [2.75, 3.05) is 19.8 Å². The molecule has 1 aromatic heterocycles. The fourth-order valence-electron chi connectivity index (χ4n) is 3.68. The Hall–Kier alpha value is -3.87. The highest BCUT2D eigenvalue weighted by molar-refractivity contribution is 5.87. The van der Waals surface area contributed by atoms with Crippen molar-refractivity contribution in [1.82, 2.24) is 10.3 Å². The first-order chi connectivity index (χ1) is 15.1. The second-order valence-corrected chi connectivity index (χ2v) is 7.14. The lowest BCUT2D eigenvalue weighted by Crippen LogP contribution is -2.27. The van der Waals surface area contributed by atoms with Crippen LogP contribution in [0.4, 0.5) is 4.79 Å². The fourth-order valence-corrected chi connectivity index (χ4v) is 3.68. The molecule has 7 heteroatoms. The van der Waals surface area contributed by atoms with E-state index < -0.39 is 12.1 Å². The largest absolute Gasteiger partial charge is 0.478 e. The van der Waals surface area contributed by atoms with Crippen molar-refractivity contribution in [3.05, 3.63) is 83.6 Å². The van der Waals surface area contributed by atoms with Gasteiger partial charge in [-0.05, 0) is 34.7 Å². The zero-order chi connectivity index (χ0) is 21.6. The number of pyridine rings is 1. The number of carboxylic acids is 1. The Bertz CT molecular complexity index is 1040. The number of carboxylic acid groups (broad SMARTS) is 1. The highest BCUT2D eigenvalue weighted by atomic mass is 16.5. The van der Waals surface area contributed by atoms with Gasteiger partial charge in [0.15, 0.2) is 0 Å². The third-order valence-electron chi connectivity index (χ3n) is 5.17. The Morgan fingerprint density at radius 3 is 2.26 bits per heavy atom. The third kappa shape index (κ3) is 4.66. The average molecular weight is 418 g/mol. The lowest BCUT2D eigenvalue weighted by Gasteiger charge is -2.14. The standard InChI is InChI=1S/C24H22N2O5/c27-23(28)16-10-11-22(26-14-16)30-13-5-12-25-24(29)31-15-21-19-8-3-1-6-17(19)18-7-2-4-9-20(18)21/h1-4,6-11,14,21H,5,12-13,15H2,(H,25,29)(H,27,28). The number of hydrogen-bond acceptors (Lipinski definition) is 5. The molecule has 31 heavy (non-hydrogen) atoms. The smallest absolute Gasteiger partial charge is 0.407 e. The molecule has 0 aliphatic heterocycles. The third-order valence-corrected chi connectivity index (χ3v) is 5.17. The molecule has 1 aliphatic carbocycles. The number of benzene rings is 2. The van der Waals surface area contributed by atoms with Gasteiger partial charge in [-0.25, -0.2) is 14.6 Å². The van der Waals surface area contributed by atoms with Gasteiger partial charge in [0, 0.05) is 24.7 Å². The summed E-state index contributed by atoms with van der Waals surface area (Å²) in [6, 6.07) is 19.3. The van der Waals surface area contributed by atoms with Gasteiger partial charge in [-0.1, -0.05) is 48.5 Å². The molecule has 1 amide bonds. The number of nitrogens with one attached hydrogen (secondary N) is 1. The van der Waals surface area contributed by atoms with Crippen molar-refractivity contribution >= 4 is 12.1 Å². The minimum absolute atomic E-state index is 0.0290. The zero-order valence-electron chi connectivity index (χ0n) is 16.8. The Morgan fingerprint density at radius 2 is 1.65 bits per heavy atom. The van der Waals surface area contributed by atoms with E-state index in [-0.39, 0.29) is 18.1 Å². The average Bonchev–Trinajstić information content (AvgIpc) is 3.11. The molecule has 0 bridgehead atoms. The number of carbonyl (C=O) groups is 2. The zero-order valence-corrected chi connectivity index (χ0v) is 16.8. The highest BCUT2D eigenvalue weighted by Crippen LogP contribution is 2.44. The number of aromatic nitrogens is 1. The Kier molecular flexibility index (Phi) is 6.12. The molecule has 0 unspecified atom stereocenters. The highest BCUT2D eigenvalue weighted by Gasteiger charge is 2.28. The molecule has 7 nitrogen and oxygen atoms in total. The Balaban J connectivity index is 1.21. The predicted molar refractivity (Wildman–Crippen MR) is 114 cm³/mol. The van der Waals surface area contributed by atoms with E-state index >= 15 is 0 Å². The van der Waals surface area contributed by atoms with Crippen molar-refractivity contribution in [2.45, 2.75) is 12.3 Å². The summed E-state index contributed by atoms with van der Waals surface area (Å²) in [5, 5.41) is 11.6. The molecule has 0 radical (unpaired) electrons. The van der Waals surface area contributed by atoms with Crippen molar-refractivity contribution in [3.63, 3.8) is 0 Å². The van der Waals surface area contributed by atoms with Gasteiger partial charge < -0.3 is 19.9 Å². The molecule has 0 fully saturated rings. The number of rotatable bonds is 8. The second kappa shape index (κ2) is 9.30. The van der Waals surface area contributed by atoms with E-state index in [0.717, 1.165) is 0 Å². The van der Waals surface area contributed by atoms with Gasteiger partial charge in [0.05, 0.1) is 12.2 Å². The minimum Gasteiger partial charge on any atom is -0.478 e. The molecule has 3 aromatic rings. The fraction of sp³-hybridized carbons (Fsp3) is 0.208. The van der Waals surface area contributed by atoms with Crippen LogP contribution in [0.3, 0.4) is 0 Å². The van der Waals surface area contributed by atoms with E-state index in [1.165, 1.54) is 40.6 Å². The van der Waals surface area contributed by atoms with Crippen LogP contribution < -0.4 is 10.1 Å². The molecule has 158 valence electrons. The summed E-state index contributed by atoms with van der Waals surface area (Å²) in [5.41, 5.74) is 4.82. The first-order valence-electron chi connectivity index (χ1n) is 10.0. The van der Waals surface area contributed by atoms with E-state index in [9.17, 15) is 9.59 Å². The maximum absolute atomic E-state index is 12.1. The molecule has 0 atom stereocenters. The molecular formula is C24H22N2O5. The molecule has 0 saturated carbocycles. The molecular weight excluding hydrogens is 396 g/mol. The lowest BCUT2D eigenvalue weighted by atomic mass is 9.98. The van der Waals surface area contributed by atoms with Crippen LogP contribution in [0.2, 0.25) is 0 Å². The van der Waals surface area contributed by atoms with Gasteiger partial charge in [0.1, 0.15) is 6.61 Å². The van der Waals surface area contributed by atoms with Gasteiger partial charge in [0.25, 0.3) is 0 Å². The van der Waals surface area contributed by atoms with Gasteiger partial charge in [-0.3, -0.25) is 0 Å². The Morgan fingerprint density at radius 1 is 0.968 bits per heavy atom. The number of alkyl carbamates (subject to hydrolysis) is 1. The summed E-state index contributed by atoms with van der Waals surface area (Å²) >= 11 is 0. The lowest BCUT2D eigenvalue weighted by molar-refractivity contribution is 0.0696. The summed E-state index contributed by atoms with van der Waals surface area (Å²) in [7, 11) is 0. The predicted octanol–water partition coefficient (Wildman–Crippen LogP) is 4.09. The quantitative estimate of drug-likeness (QED) is 0.535. The van der Waals surface area contributed by atoms with E-state index in [0.29, 0.717) is 25.5 Å². The number of amides is 1. The maximum Gasteiger partial charge on any atom is 0.407 e. The number of carbonyl (C=O) groups excluding carboxylic acids is 1. The first-order valence-corrected chi connectivity index (χ1v) is 10.0. The number of hydrogen-bond donors (Lipinski definition) is 2. The van der Waals surface area contributed by atoms with Gasteiger partial charge >= 0.3 is 12.1 Å². The number of fused-ring (bicyclic) bond motifs is 3. The summed E-state index contributed by atoms with van der Waals surface area (Å²) in [6.07, 6.45) is 1.34. The summed E-state index contributed by atoms with van der Waals surface area (Å²) in [4.78, 5) is 26.8. The summed E-state index contributed by atoms with van der Waals surface area (Å²) in [5.74, 6) is -0.668. The van der Waals surface area contributed by atoms with E-state index in [1.807, 2.05) is 24.3 Å². The van der Waals surface area contributed by atoms with Crippen LogP contribution in [-0.4, -0.2) is 41.9 Å². The number of nitrogens with zero attached hydrogens (tertiary/aromatic N) is 1. The van der Waals surface area contributed by atoms with Crippen LogP contribution in [-0.2, 0) is 4.74 Å². The van der Waals surface area contributed by atoms with Crippen molar-refractivity contribution < 1.29 is 24.2 Å². The normalized spacial score (nSPS) is 12.0. The molecule has 1 aliphatic rings. The minimum atomic E-state index is -1.04. The summed E-state index contributed by atoms with van der Waals surface area (Å²) in [6.45, 7) is 1.00. The van der Waals surface area contributed by atoms with Gasteiger partial charge in [-0.15, -0.1) is 0 Å². The van der Waals surface area contributed by atoms with Crippen LogP contribution in [0.15, 0.2) is 66.9 Å². The van der Waals surface area contributed by atoms with Crippen LogP contribution >= 0.6 is 0 Å². The van der Waals surface area contributed by atoms with Crippen molar-refractivity contribution in [1.29, 1.82) is 0 Å². The van der Waals surface area contributed by atoms with Crippen LogP contribution in [0.25, 0.3) is 11.1 Å². The molecule has 0 saturated heterocycles. The monoisotopic (exact) mass is 418 g/mol. The van der Waals surface area contributed by atoms with E-state index in [1.54, 1.807) is 0 Å². The van der Waals surface area contributed by atoms with Crippen molar-refractivity contribution in [3.8, 4) is 17.0 Å². The number of ether oxygens (including phenoxy) is 2. The van der Waals surface area contributed by atoms with Crippen LogP contribution in [0.5, 0.6) is 5.88 Å². The molecule has 1 heterocycles. The Labute approximate surface area is 179 Å². The van der Waals surface area contributed by atoms with Crippen molar-refractivity contribution in [2.24, 2.45) is 0 Å². The summed E-state index contributed by atoms with van der Waals surface area (Å²) < 4.78 is 10.9. The second-order valence-electron chi connectivity index (χ2n) is 7.14. The maximum atomic E-state index is 12.1. The molecule has 2 N–H and O–H groups in total. The SMILES string of the molecule is O=C(NCCCOc1ccc(C(=O)O)cn1)OCC1c2ccccc2-c2ccccc21. The van der Waals surface area contributed by atoms with E-state index in [4.69, 9.17) is 14.6 Å². The molecule has 4 rings (SSSR count). The van der Waals surface area contributed by atoms with Gasteiger partial charge in [-0.2, -0.15) is 0 Å². The first kappa shape index (κ1) is 20.4. The van der Waals surface area contributed by atoms with Crippen LogP contribution in [0, 0.1) is 0 Å². The number of aromatic carboxylic acids is 1. The van der Waals surface area contributed by atoms with E-state index in [2.05, 4.69) is 34.6 Å². The molecule has 2 aromatic carbocycles. The van der Waals surface area contributed by atoms with Crippen LogP contribution in [0.1, 0.15) is 33.8 Å². The van der Waals surface area contributed by atoms with Gasteiger partial charge in [0.2, 0.25) is 5.88 Å².